The number of likely N-dealkylation sites (tertiary alicyclic amines) is 1. The van der Waals surface area contributed by atoms with E-state index < -0.39 is 0 Å². The molecular formula is C17H21ClN4O. The molecular weight excluding hydrogens is 312 g/mol. The lowest BCUT2D eigenvalue weighted by Crippen LogP contribution is -2.42. The van der Waals surface area contributed by atoms with Crippen molar-refractivity contribution in [3.63, 3.8) is 0 Å². The first-order valence-corrected chi connectivity index (χ1v) is 8.41. The van der Waals surface area contributed by atoms with E-state index in [0.29, 0.717) is 12.5 Å². The minimum atomic E-state index is -0.0576. The number of amides is 1. The highest BCUT2D eigenvalue weighted by molar-refractivity contribution is 6.31. The molecule has 5 nitrogen and oxygen atoms in total. The summed E-state index contributed by atoms with van der Waals surface area (Å²) in [7, 11) is 0. The monoisotopic (exact) mass is 332 g/mol. The Kier molecular flexibility index (Phi) is 4.96. The molecule has 0 aliphatic carbocycles. The Morgan fingerprint density at radius 3 is 2.74 bits per heavy atom. The van der Waals surface area contributed by atoms with Crippen molar-refractivity contribution >= 4 is 17.5 Å². The quantitative estimate of drug-likeness (QED) is 0.865. The molecule has 1 aliphatic heterocycles. The molecule has 1 amide bonds. The van der Waals surface area contributed by atoms with Crippen LogP contribution in [-0.2, 0) is 11.2 Å². The molecule has 1 fully saturated rings. The molecule has 1 aliphatic rings. The third-order valence-electron chi connectivity index (χ3n) is 4.50. The van der Waals surface area contributed by atoms with E-state index in [0.717, 1.165) is 36.5 Å². The Morgan fingerprint density at radius 2 is 2.09 bits per heavy atom. The maximum absolute atomic E-state index is 12.7. The lowest BCUT2D eigenvalue weighted by Gasteiger charge is -2.33. The third-order valence-corrected chi connectivity index (χ3v) is 4.87. The zero-order chi connectivity index (χ0) is 16.2. The van der Waals surface area contributed by atoms with Crippen LogP contribution in [0.4, 0.5) is 0 Å². The summed E-state index contributed by atoms with van der Waals surface area (Å²) >= 11 is 6.19. The van der Waals surface area contributed by atoms with Gasteiger partial charge in [-0.25, -0.2) is 4.68 Å². The van der Waals surface area contributed by atoms with E-state index >= 15 is 0 Å². The zero-order valence-corrected chi connectivity index (χ0v) is 14.0. The largest absolute Gasteiger partial charge is 0.342 e. The fourth-order valence-electron chi connectivity index (χ4n) is 3.16. The van der Waals surface area contributed by atoms with Crippen LogP contribution in [0, 0.1) is 5.92 Å². The van der Waals surface area contributed by atoms with E-state index in [-0.39, 0.29) is 11.8 Å². The number of aromatic nitrogens is 3. The number of benzene rings is 1. The van der Waals surface area contributed by atoms with Gasteiger partial charge < -0.3 is 4.90 Å². The fraction of sp³-hybridized carbons (Fsp3) is 0.471. The van der Waals surface area contributed by atoms with Gasteiger partial charge in [-0.2, -0.15) is 0 Å². The SMILES string of the molecule is C[C@@H](Cc1ccccc1Cl)C(=O)N1CCC(n2ccnn2)CC1. The summed E-state index contributed by atoms with van der Waals surface area (Å²) in [6.45, 7) is 3.53. The van der Waals surface area contributed by atoms with Crippen molar-refractivity contribution in [1.82, 2.24) is 19.9 Å². The minimum absolute atomic E-state index is 0.0576. The van der Waals surface area contributed by atoms with Gasteiger partial charge in [0.2, 0.25) is 5.91 Å². The third kappa shape index (κ3) is 3.72. The van der Waals surface area contributed by atoms with Gasteiger partial charge in [-0.15, -0.1) is 5.10 Å². The van der Waals surface area contributed by atoms with Crippen LogP contribution in [0.2, 0.25) is 5.02 Å². The molecule has 3 rings (SSSR count). The highest BCUT2D eigenvalue weighted by Crippen LogP contribution is 2.24. The molecule has 1 saturated heterocycles. The number of carbonyl (C=O) groups excluding carboxylic acids is 1. The topological polar surface area (TPSA) is 51.0 Å². The summed E-state index contributed by atoms with van der Waals surface area (Å²) in [5.41, 5.74) is 1.03. The standard InChI is InChI=1S/C17H21ClN4O/c1-13(12-14-4-2-3-5-16(14)18)17(23)21-9-6-15(7-10-21)22-11-8-19-20-22/h2-5,8,11,13,15H,6-7,9-10,12H2,1H3/t13-/m0/s1. The number of halogens is 1. The molecule has 0 N–H and O–H groups in total. The van der Waals surface area contributed by atoms with E-state index in [9.17, 15) is 4.79 Å². The first kappa shape index (κ1) is 16.0. The second kappa shape index (κ2) is 7.13. The lowest BCUT2D eigenvalue weighted by atomic mass is 9.97. The summed E-state index contributed by atoms with van der Waals surface area (Å²) in [4.78, 5) is 14.6. The molecule has 0 spiro atoms. The predicted molar refractivity (Wildman–Crippen MR) is 89.2 cm³/mol. The number of rotatable bonds is 4. The van der Waals surface area contributed by atoms with Crippen LogP contribution >= 0.6 is 11.6 Å². The molecule has 23 heavy (non-hydrogen) atoms. The van der Waals surface area contributed by atoms with E-state index in [2.05, 4.69) is 10.3 Å². The van der Waals surface area contributed by atoms with Crippen molar-refractivity contribution in [2.45, 2.75) is 32.2 Å². The minimum Gasteiger partial charge on any atom is -0.342 e. The Morgan fingerprint density at radius 1 is 1.35 bits per heavy atom. The average Bonchev–Trinajstić information content (AvgIpc) is 3.11. The van der Waals surface area contributed by atoms with Crippen LogP contribution in [0.15, 0.2) is 36.7 Å². The molecule has 2 heterocycles. The average molecular weight is 333 g/mol. The van der Waals surface area contributed by atoms with Gasteiger partial charge in [0.15, 0.2) is 0 Å². The molecule has 0 unspecified atom stereocenters. The Bertz CT molecular complexity index is 650. The predicted octanol–water partition coefficient (Wildman–Crippen LogP) is 2.97. The summed E-state index contributed by atoms with van der Waals surface area (Å²) in [5.74, 6) is 0.153. The van der Waals surface area contributed by atoms with E-state index in [1.807, 2.05) is 47.0 Å². The normalized spacial score (nSPS) is 17.2. The molecule has 1 atom stereocenters. The maximum Gasteiger partial charge on any atom is 0.225 e. The van der Waals surface area contributed by atoms with Gasteiger partial charge >= 0.3 is 0 Å². The highest BCUT2D eigenvalue weighted by atomic mass is 35.5. The first-order chi connectivity index (χ1) is 11.1. The molecule has 1 aromatic heterocycles. The van der Waals surface area contributed by atoms with Gasteiger partial charge in [-0.05, 0) is 30.9 Å². The Hall–Kier alpha value is -1.88. The van der Waals surface area contributed by atoms with Gasteiger partial charge in [0.25, 0.3) is 0 Å². The summed E-state index contributed by atoms with van der Waals surface area (Å²) in [6.07, 6.45) is 6.12. The van der Waals surface area contributed by atoms with Crippen LogP contribution in [-0.4, -0.2) is 38.9 Å². The first-order valence-electron chi connectivity index (χ1n) is 8.03. The second-order valence-corrected chi connectivity index (χ2v) is 6.54. The van der Waals surface area contributed by atoms with Gasteiger partial charge in [-0.1, -0.05) is 41.9 Å². The summed E-state index contributed by atoms with van der Waals surface area (Å²) in [5, 5.41) is 8.65. The molecule has 0 radical (unpaired) electrons. The van der Waals surface area contributed by atoms with Crippen molar-refractivity contribution < 1.29 is 4.79 Å². The van der Waals surface area contributed by atoms with Gasteiger partial charge in [0, 0.05) is 30.2 Å². The number of piperidine rings is 1. The molecule has 1 aromatic carbocycles. The number of nitrogens with zero attached hydrogens (tertiary/aromatic N) is 4. The highest BCUT2D eigenvalue weighted by Gasteiger charge is 2.27. The second-order valence-electron chi connectivity index (χ2n) is 6.14. The van der Waals surface area contributed by atoms with E-state index in [1.165, 1.54) is 0 Å². The smallest absolute Gasteiger partial charge is 0.225 e. The van der Waals surface area contributed by atoms with E-state index in [4.69, 9.17) is 11.6 Å². The van der Waals surface area contributed by atoms with Crippen LogP contribution in [0.3, 0.4) is 0 Å². The molecule has 6 heteroatoms. The zero-order valence-electron chi connectivity index (χ0n) is 13.2. The number of hydrogen-bond acceptors (Lipinski definition) is 3. The maximum atomic E-state index is 12.7. The fourth-order valence-corrected chi connectivity index (χ4v) is 3.37. The van der Waals surface area contributed by atoms with Crippen molar-refractivity contribution in [1.29, 1.82) is 0 Å². The van der Waals surface area contributed by atoms with Gasteiger partial charge in [-0.3, -0.25) is 4.79 Å². The summed E-state index contributed by atoms with van der Waals surface area (Å²) in [6, 6.07) is 8.08. The van der Waals surface area contributed by atoms with Crippen molar-refractivity contribution in [2.75, 3.05) is 13.1 Å². The molecule has 122 valence electrons. The number of carbonyl (C=O) groups is 1. The van der Waals surface area contributed by atoms with Gasteiger partial charge in [0.05, 0.1) is 12.2 Å². The van der Waals surface area contributed by atoms with Crippen LogP contribution in [0.1, 0.15) is 31.4 Å². The van der Waals surface area contributed by atoms with Crippen LogP contribution < -0.4 is 0 Å². The molecule has 0 saturated carbocycles. The molecule has 0 bridgehead atoms. The van der Waals surface area contributed by atoms with Crippen LogP contribution in [0.25, 0.3) is 0 Å². The van der Waals surface area contributed by atoms with Crippen LogP contribution in [0.5, 0.6) is 0 Å². The number of hydrogen-bond donors (Lipinski definition) is 0. The van der Waals surface area contributed by atoms with Crippen molar-refractivity contribution in [2.24, 2.45) is 5.92 Å². The Labute approximate surface area is 141 Å². The van der Waals surface area contributed by atoms with Crippen molar-refractivity contribution in [3.05, 3.63) is 47.2 Å². The van der Waals surface area contributed by atoms with E-state index in [1.54, 1.807) is 6.20 Å². The molecule has 2 aromatic rings. The summed E-state index contributed by atoms with van der Waals surface area (Å²) < 4.78 is 1.90. The van der Waals surface area contributed by atoms with Gasteiger partial charge in [0.1, 0.15) is 0 Å². The Balaban J connectivity index is 1.55. The van der Waals surface area contributed by atoms with Crippen molar-refractivity contribution in [3.8, 4) is 0 Å². The lowest BCUT2D eigenvalue weighted by molar-refractivity contribution is -0.136.